The van der Waals surface area contributed by atoms with Gasteiger partial charge in [-0.05, 0) is 77.5 Å². The Kier molecular flexibility index (Phi) is 6.65. The number of carbonyl (C=O) groups excluding carboxylic acids is 1. The molecule has 0 spiro atoms. The summed E-state index contributed by atoms with van der Waals surface area (Å²) >= 11 is 1.17. The van der Waals surface area contributed by atoms with Crippen LogP contribution in [0.3, 0.4) is 0 Å². The number of non-ortho nitro benzene ring substituents is 1. The number of ether oxygens (including phenoxy) is 1. The molecule has 1 saturated heterocycles. The Morgan fingerprint density at radius 1 is 1.12 bits per heavy atom. The Labute approximate surface area is 193 Å². The standard InChI is InChI=1S/C23H18N4O5S/c1-31-19-10-6-17(7-11-19)14-24-25-23-26(15-20-3-2-12-32-20)22(28)21(33-23)13-16-4-8-18(9-5-16)27(29)30/h2-14H,15H2,1H3/b21-13-,24-14-,25-23+. The van der Waals surface area contributed by atoms with E-state index in [2.05, 4.69) is 10.2 Å². The highest BCUT2D eigenvalue weighted by atomic mass is 32.2. The van der Waals surface area contributed by atoms with Crippen LogP contribution in [-0.4, -0.2) is 34.2 Å². The number of hydrogen-bond donors (Lipinski definition) is 0. The molecule has 2 heterocycles. The van der Waals surface area contributed by atoms with Gasteiger partial charge >= 0.3 is 0 Å². The molecule has 0 atom stereocenters. The summed E-state index contributed by atoms with van der Waals surface area (Å²) in [5.74, 6) is 1.08. The Morgan fingerprint density at radius 3 is 2.48 bits per heavy atom. The molecule has 0 N–H and O–H groups in total. The number of methoxy groups -OCH3 is 1. The highest BCUT2D eigenvalue weighted by Gasteiger charge is 2.34. The highest BCUT2D eigenvalue weighted by molar-refractivity contribution is 8.18. The van der Waals surface area contributed by atoms with Gasteiger partial charge in [0, 0.05) is 12.1 Å². The molecule has 0 unspecified atom stereocenters. The van der Waals surface area contributed by atoms with E-state index in [1.807, 2.05) is 24.3 Å². The molecular formula is C23H18N4O5S. The van der Waals surface area contributed by atoms with Gasteiger partial charge in [-0.1, -0.05) is 0 Å². The van der Waals surface area contributed by atoms with Crippen LogP contribution in [0, 0.1) is 10.1 Å². The first-order valence-corrected chi connectivity index (χ1v) is 10.6. The zero-order chi connectivity index (χ0) is 23.2. The van der Waals surface area contributed by atoms with Crippen LogP contribution >= 0.6 is 11.8 Å². The first-order chi connectivity index (χ1) is 16.0. The van der Waals surface area contributed by atoms with E-state index in [1.54, 1.807) is 43.7 Å². The molecule has 2 aromatic carbocycles. The number of nitro benzene ring substituents is 1. The average Bonchev–Trinajstić information content (AvgIpc) is 3.44. The van der Waals surface area contributed by atoms with Crippen LogP contribution in [0.1, 0.15) is 16.9 Å². The molecule has 4 rings (SSSR count). The first-order valence-electron chi connectivity index (χ1n) is 9.77. The predicted molar refractivity (Wildman–Crippen MR) is 126 cm³/mol. The maximum Gasteiger partial charge on any atom is 0.269 e. The van der Waals surface area contributed by atoms with Crippen molar-refractivity contribution in [2.75, 3.05) is 7.11 Å². The van der Waals surface area contributed by atoms with E-state index in [-0.39, 0.29) is 18.1 Å². The van der Waals surface area contributed by atoms with Crippen LogP contribution in [0.4, 0.5) is 5.69 Å². The summed E-state index contributed by atoms with van der Waals surface area (Å²) in [6, 6.07) is 16.8. The van der Waals surface area contributed by atoms with Gasteiger partial charge in [-0.3, -0.25) is 19.8 Å². The second kappa shape index (κ2) is 9.96. The zero-order valence-corrected chi connectivity index (χ0v) is 18.3. The fourth-order valence-corrected chi connectivity index (χ4v) is 3.89. The van der Waals surface area contributed by atoms with Gasteiger partial charge in [-0.15, -0.1) is 5.10 Å². The quantitative estimate of drug-likeness (QED) is 0.218. The van der Waals surface area contributed by atoms with Gasteiger partial charge < -0.3 is 9.15 Å². The SMILES string of the molecule is COc1ccc(/C=N\N=C2\S/C(=C\c3ccc([N+](=O)[O-])cc3)C(=O)N2Cc2ccco2)cc1. The molecule has 0 aliphatic carbocycles. The summed E-state index contributed by atoms with van der Waals surface area (Å²) in [4.78, 5) is 25.4. The summed E-state index contributed by atoms with van der Waals surface area (Å²) < 4.78 is 10.5. The van der Waals surface area contributed by atoms with Gasteiger partial charge in [-0.25, -0.2) is 0 Å². The van der Waals surface area contributed by atoms with Crippen LogP contribution in [0.25, 0.3) is 6.08 Å². The van der Waals surface area contributed by atoms with Gasteiger partial charge in [0.2, 0.25) is 0 Å². The maximum absolute atomic E-state index is 13.1. The third-order valence-corrected chi connectivity index (χ3v) is 5.65. The second-order valence-electron chi connectivity index (χ2n) is 6.83. The molecule has 1 fully saturated rings. The predicted octanol–water partition coefficient (Wildman–Crippen LogP) is 4.70. The molecule has 1 aliphatic rings. The number of nitro groups is 1. The van der Waals surface area contributed by atoms with Crippen molar-refractivity contribution in [2.24, 2.45) is 10.2 Å². The Bertz CT molecular complexity index is 1230. The lowest BCUT2D eigenvalue weighted by atomic mass is 10.2. The molecule has 9 nitrogen and oxygen atoms in total. The molecule has 3 aromatic rings. The summed E-state index contributed by atoms with van der Waals surface area (Å²) in [6.07, 6.45) is 4.79. The number of amides is 1. The van der Waals surface area contributed by atoms with Crippen molar-refractivity contribution in [1.82, 2.24) is 4.90 Å². The number of nitrogens with zero attached hydrogens (tertiary/aromatic N) is 4. The summed E-state index contributed by atoms with van der Waals surface area (Å²) in [7, 11) is 1.60. The van der Waals surface area contributed by atoms with Crippen LogP contribution in [-0.2, 0) is 11.3 Å². The molecule has 1 aliphatic heterocycles. The summed E-state index contributed by atoms with van der Waals surface area (Å²) in [5, 5.41) is 19.7. The van der Waals surface area contributed by atoms with Crippen molar-refractivity contribution >= 4 is 40.8 Å². The van der Waals surface area contributed by atoms with Crippen LogP contribution in [0.2, 0.25) is 0 Å². The second-order valence-corrected chi connectivity index (χ2v) is 7.84. The molecule has 0 bridgehead atoms. The minimum atomic E-state index is -0.469. The molecule has 0 radical (unpaired) electrons. The van der Waals surface area contributed by atoms with E-state index in [0.717, 1.165) is 11.3 Å². The average molecular weight is 462 g/mol. The Hall–Kier alpha value is -4.18. The molecule has 166 valence electrons. The van der Waals surface area contributed by atoms with Gasteiger partial charge in [-0.2, -0.15) is 5.10 Å². The van der Waals surface area contributed by atoms with Crippen LogP contribution < -0.4 is 4.74 Å². The fourth-order valence-electron chi connectivity index (χ4n) is 2.96. The Balaban J connectivity index is 1.58. The van der Waals surface area contributed by atoms with Gasteiger partial charge in [0.05, 0.1) is 36.0 Å². The maximum atomic E-state index is 13.1. The molecular weight excluding hydrogens is 444 g/mol. The third kappa shape index (κ3) is 5.36. The largest absolute Gasteiger partial charge is 0.497 e. The Morgan fingerprint density at radius 2 is 1.85 bits per heavy atom. The minimum absolute atomic E-state index is 0.0166. The van der Waals surface area contributed by atoms with Crippen molar-refractivity contribution in [3.05, 3.63) is 98.8 Å². The van der Waals surface area contributed by atoms with Crippen molar-refractivity contribution in [1.29, 1.82) is 0 Å². The summed E-state index contributed by atoms with van der Waals surface area (Å²) in [5.41, 5.74) is 1.48. The molecule has 1 aromatic heterocycles. The van der Waals surface area contributed by atoms with E-state index in [4.69, 9.17) is 9.15 Å². The monoisotopic (exact) mass is 462 g/mol. The molecule has 10 heteroatoms. The lowest BCUT2D eigenvalue weighted by molar-refractivity contribution is -0.384. The van der Waals surface area contributed by atoms with Gasteiger partial charge in [0.15, 0.2) is 5.17 Å². The fraction of sp³-hybridized carbons (Fsp3) is 0.0870. The normalized spacial score (nSPS) is 16.3. The number of benzene rings is 2. The van der Waals surface area contributed by atoms with Crippen molar-refractivity contribution in [3.8, 4) is 5.75 Å². The third-order valence-electron chi connectivity index (χ3n) is 4.65. The summed E-state index contributed by atoms with van der Waals surface area (Å²) in [6.45, 7) is 0.202. The lowest BCUT2D eigenvalue weighted by Crippen LogP contribution is -2.28. The molecule has 1 amide bonds. The first kappa shape index (κ1) is 22.0. The minimum Gasteiger partial charge on any atom is -0.497 e. The number of carbonyl (C=O) groups is 1. The number of amidine groups is 1. The number of thioether (sulfide) groups is 1. The molecule has 0 saturated carbocycles. The van der Waals surface area contributed by atoms with E-state index >= 15 is 0 Å². The van der Waals surface area contributed by atoms with Crippen LogP contribution in [0.15, 0.2) is 86.5 Å². The lowest BCUT2D eigenvalue weighted by Gasteiger charge is -2.12. The highest BCUT2D eigenvalue weighted by Crippen LogP contribution is 2.34. The van der Waals surface area contributed by atoms with E-state index in [9.17, 15) is 14.9 Å². The van der Waals surface area contributed by atoms with Gasteiger partial charge in [0.25, 0.3) is 11.6 Å². The van der Waals surface area contributed by atoms with Crippen molar-refractivity contribution in [2.45, 2.75) is 6.54 Å². The van der Waals surface area contributed by atoms with Gasteiger partial charge in [0.1, 0.15) is 11.5 Å². The van der Waals surface area contributed by atoms with E-state index in [0.29, 0.717) is 21.4 Å². The van der Waals surface area contributed by atoms with Crippen LogP contribution in [0.5, 0.6) is 5.75 Å². The zero-order valence-electron chi connectivity index (χ0n) is 17.5. The topological polar surface area (TPSA) is 111 Å². The number of hydrogen-bond acceptors (Lipinski definition) is 8. The van der Waals surface area contributed by atoms with E-state index < -0.39 is 4.92 Å². The van der Waals surface area contributed by atoms with Crippen molar-refractivity contribution in [3.63, 3.8) is 0 Å². The smallest absolute Gasteiger partial charge is 0.269 e. The van der Waals surface area contributed by atoms with Crippen molar-refractivity contribution < 1.29 is 18.9 Å². The number of furan rings is 1. The van der Waals surface area contributed by atoms with E-state index in [1.165, 1.54) is 35.1 Å². The number of rotatable bonds is 7. The molecule has 33 heavy (non-hydrogen) atoms.